The quantitative estimate of drug-likeness (QED) is 0.877. The van der Waals surface area contributed by atoms with Crippen molar-refractivity contribution in [3.05, 3.63) is 28.2 Å². The number of carbonyl (C=O) groups is 1. The molecule has 1 aromatic rings. The Kier molecular flexibility index (Phi) is 5.61. The van der Waals surface area contributed by atoms with Crippen LogP contribution in [0.4, 0.5) is 0 Å². The van der Waals surface area contributed by atoms with Crippen LogP contribution in [0.25, 0.3) is 0 Å². The van der Waals surface area contributed by atoms with Gasteiger partial charge in [-0.15, -0.1) is 0 Å². The van der Waals surface area contributed by atoms with E-state index in [1.807, 2.05) is 23.1 Å². The lowest BCUT2D eigenvalue weighted by Crippen LogP contribution is -2.45. The summed E-state index contributed by atoms with van der Waals surface area (Å²) in [6.07, 6.45) is 1.88. The Morgan fingerprint density at radius 3 is 2.95 bits per heavy atom. The van der Waals surface area contributed by atoms with Crippen molar-refractivity contribution in [2.75, 3.05) is 27.4 Å². The lowest BCUT2D eigenvalue weighted by atomic mass is 10.0. The molecular weight excluding hydrogens is 336 g/mol. The Bertz CT molecular complexity index is 510. The average molecular weight is 357 g/mol. The summed E-state index contributed by atoms with van der Waals surface area (Å²) in [7, 11) is 3.19. The van der Waals surface area contributed by atoms with E-state index in [2.05, 4.69) is 15.9 Å². The van der Waals surface area contributed by atoms with E-state index in [0.29, 0.717) is 0 Å². The zero-order chi connectivity index (χ0) is 15.4. The zero-order valence-corrected chi connectivity index (χ0v) is 13.9. The number of halogens is 1. The highest BCUT2D eigenvalue weighted by Crippen LogP contribution is 2.38. The molecule has 1 aromatic carbocycles. The molecule has 1 heterocycles. The normalized spacial score (nSPS) is 19.6. The summed E-state index contributed by atoms with van der Waals surface area (Å²) in [5, 5.41) is 0. The average Bonchev–Trinajstić information content (AvgIpc) is 2.95. The van der Waals surface area contributed by atoms with Gasteiger partial charge < -0.3 is 20.1 Å². The molecule has 0 radical (unpaired) electrons. The van der Waals surface area contributed by atoms with Crippen LogP contribution in [0.3, 0.4) is 0 Å². The lowest BCUT2D eigenvalue weighted by Gasteiger charge is -2.28. The van der Waals surface area contributed by atoms with E-state index < -0.39 is 6.04 Å². The van der Waals surface area contributed by atoms with Gasteiger partial charge in [0.05, 0.1) is 19.8 Å². The van der Waals surface area contributed by atoms with Crippen LogP contribution in [-0.2, 0) is 9.53 Å². The molecule has 2 atom stereocenters. The minimum atomic E-state index is -0.617. The molecule has 0 aromatic heterocycles. The summed E-state index contributed by atoms with van der Waals surface area (Å²) < 4.78 is 11.4. The smallest absolute Gasteiger partial charge is 0.242 e. The largest absolute Gasteiger partial charge is 0.496 e. The number of amides is 1. The molecule has 0 saturated carbocycles. The van der Waals surface area contributed by atoms with Crippen molar-refractivity contribution in [1.82, 2.24) is 4.90 Å². The second-order valence-electron chi connectivity index (χ2n) is 5.14. The van der Waals surface area contributed by atoms with E-state index in [1.54, 1.807) is 14.2 Å². The highest BCUT2D eigenvalue weighted by atomic mass is 79.9. The Labute approximate surface area is 133 Å². The van der Waals surface area contributed by atoms with Crippen molar-refractivity contribution in [2.24, 2.45) is 5.73 Å². The first-order chi connectivity index (χ1) is 10.1. The van der Waals surface area contributed by atoms with Gasteiger partial charge in [-0.2, -0.15) is 0 Å². The first-order valence-electron chi connectivity index (χ1n) is 6.97. The minimum absolute atomic E-state index is 0.00727. The molecule has 5 nitrogen and oxygen atoms in total. The van der Waals surface area contributed by atoms with E-state index in [-0.39, 0.29) is 18.6 Å². The van der Waals surface area contributed by atoms with Gasteiger partial charge in [0.15, 0.2) is 0 Å². The molecule has 0 bridgehead atoms. The number of methoxy groups -OCH3 is 2. The van der Waals surface area contributed by atoms with Crippen LogP contribution in [-0.4, -0.2) is 44.2 Å². The van der Waals surface area contributed by atoms with E-state index in [9.17, 15) is 4.79 Å². The van der Waals surface area contributed by atoms with E-state index in [0.717, 1.165) is 35.2 Å². The van der Waals surface area contributed by atoms with Crippen LogP contribution in [0.2, 0.25) is 0 Å². The van der Waals surface area contributed by atoms with Gasteiger partial charge in [0, 0.05) is 23.7 Å². The third kappa shape index (κ3) is 3.56. The van der Waals surface area contributed by atoms with Crippen LogP contribution < -0.4 is 10.5 Å². The van der Waals surface area contributed by atoms with Gasteiger partial charge >= 0.3 is 0 Å². The molecule has 0 aliphatic carbocycles. The van der Waals surface area contributed by atoms with E-state index in [4.69, 9.17) is 15.2 Å². The first-order valence-corrected chi connectivity index (χ1v) is 7.76. The predicted molar refractivity (Wildman–Crippen MR) is 84.2 cm³/mol. The number of carbonyl (C=O) groups excluding carboxylic acids is 1. The predicted octanol–water partition coefficient (Wildman–Crippen LogP) is 2.09. The number of likely N-dealkylation sites (tertiary alicyclic amines) is 1. The number of hydrogen-bond donors (Lipinski definition) is 1. The van der Waals surface area contributed by atoms with Crippen molar-refractivity contribution in [3.63, 3.8) is 0 Å². The molecule has 0 spiro atoms. The summed E-state index contributed by atoms with van der Waals surface area (Å²) in [5.41, 5.74) is 6.91. The Hall–Kier alpha value is -1.11. The summed E-state index contributed by atoms with van der Waals surface area (Å²) in [6, 6.07) is 5.24. The second-order valence-corrected chi connectivity index (χ2v) is 6.05. The molecule has 1 fully saturated rings. The number of rotatable bonds is 5. The van der Waals surface area contributed by atoms with Crippen LogP contribution in [0.5, 0.6) is 5.75 Å². The van der Waals surface area contributed by atoms with Crippen LogP contribution in [0, 0.1) is 0 Å². The van der Waals surface area contributed by atoms with Gasteiger partial charge in [0.1, 0.15) is 11.8 Å². The van der Waals surface area contributed by atoms with Crippen molar-refractivity contribution >= 4 is 21.8 Å². The molecule has 1 aliphatic rings. The van der Waals surface area contributed by atoms with Crippen LogP contribution in [0.1, 0.15) is 24.4 Å². The number of nitrogens with two attached hydrogens (primary N) is 1. The SMILES string of the molecule is COCC(N)C(=O)N1CCCC1c1cc(Br)ccc1OC. The molecule has 1 aliphatic heterocycles. The Morgan fingerprint density at radius 1 is 1.52 bits per heavy atom. The number of ether oxygens (including phenoxy) is 2. The summed E-state index contributed by atoms with van der Waals surface area (Å²) >= 11 is 3.48. The van der Waals surface area contributed by atoms with Gasteiger partial charge in [-0.05, 0) is 31.0 Å². The van der Waals surface area contributed by atoms with Crippen LogP contribution >= 0.6 is 15.9 Å². The van der Waals surface area contributed by atoms with Crippen molar-refractivity contribution in [3.8, 4) is 5.75 Å². The maximum Gasteiger partial charge on any atom is 0.242 e. The molecule has 1 amide bonds. The molecule has 1 saturated heterocycles. The van der Waals surface area contributed by atoms with Crippen molar-refractivity contribution in [1.29, 1.82) is 0 Å². The Morgan fingerprint density at radius 2 is 2.29 bits per heavy atom. The first kappa shape index (κ1) is 16.3. The van der Waals surface area contributed by atoms with Crippen molar-refractivity contribution < 1.29 is 14.3 Å². The molecule has 2 unspecified atom stereocenters. The highest BCUT2D eigenvalue weighted by Gasteiger charge is 2.34. The monoisotopic (exact) mass is 356 g/mol. The molecule has 21 heavy (non-hydrogen) atoms. The second kappa shape index (κ2) is 7.24. The summed E-state index contributed by atoms with van der Waals surface area (Å²) in [6.45, 7) is 0.953. The van der Waals surface area contributed by atoms with E-state index >= 15 is 0 Å². The third-order valence-electron chi connectivity index (χ3n) is 3.75. The maximum atomic E-state index is 12.5. The zero-order valence-electron chi connectivity index (χ0n) is 12.3. The molecule has 2 rings (SSSR count). The standard InChI is InChI=1S/C15H21BrN2O3/c1-20-9-12(17)15(19)18-7-3-4-13(18)11-8-10(16)5-6-14(11)21-2/h5-6,8,12-13H,3-4,7,9,17H2,1-2H3. The molecule has 6 heteroatoms. The highest BCUT2D eigenvalue weighted by molar-refractivity contribution is 9.10. The number of hydrogen-bond acceptors (Lipinski definition) is 4. The molecule has 2 N–H and O–H groups in total. The molecule has 116 valence electrons. The summed E-state index contributed by atoms with van der Waals surface area (Å²) in [4.78, 5) is 14.3. The van der Waals surface area contributed by atoms with Gasteiger partial charge in [-0.1, -0.05) is 15.9 Å². The van der Waals surface area contributed by atoms with Crippen LogP contribution in [0.15, 0.2) is 22.7 Å². The fourth-order valence-corrected chi connectivity index (χ4v) is 3.16. The fourth-order valence-electron chi connectivity index (χ4n) is 2.78. The summed E-state index contributed by atoms with van der Waals surface area (Å²) in [5.74, 6) is 0.726. The third-order valence-corrected chi connectivity index (χ3v) is 4.24. The molecular formula is C15H21BrN2O3. The number of benzene rings is 1. The number of nitrogens with zero attached hydrogens (tertiary/aromatic N) is 1. The van der Waals surface area contributed by atoms with Gasteiger partial charge in [-0.3, -0.25) is 4.79 Å². The Balaban J connectivity index is 2.26. The lowest BCUT2D eigenvalue weighted by molar-refractivity contribution is -0.134. The van der Waals surface area contributed by atoms with Crippen molar-refractivity contribution in [2.45, 2.75) is 24.9 Å². The fraction of sp³-hybridized carbons (Fsp3) is 0.533. The maximum absolute atomic E-state index is 12.5. The topological polar surface area (TPSA) is 64.8 Å². The van der Waals surface area contributed by atoms with E-state index in [1.165, 1.54) is 0 Å². The van der Waals surface area contributed by atoms with Gasteiger partial charge in [0.2, 0.25) is 5.91 Å². The minimum Gasteiger partial charge on any atom is -0.496 e. The van der Waals surface area contributed by atoms with Gasteiger partial charge in [0.25, 0.3) is 0 Å². The van der Waals surface area contributed by atoms with Gasteiger partial charge in [-0.25, -0.2) is 0 Å².